The summed E-state index contributed by atoms with van der Waals surface area (Å²) in [6.45, 7) is 3.64. The lowest BCUT2D eigenvalue weighted by Crippen LogP contribution is -2.27. The van der Waals surface area contributed by atoms with E-state index in [0.29, 0.717) is 6.42 Å². The second-order valence-corrected chi connectivity index (χ2v) is 4.88. The fourth-order valence-corrected chi connectivity index (χ4v) is 2.09. The molecule has 1 aromatic heterocycles. The highest BCUT2D eigenvalue weighted by Crippen LogP contribution is 2.05. The summed E-state index contributed by atoms with van der Waals surface area (Å²) >= 11 is 0. The molecule has 0 aliphatic rings. The van der Waals surface area contributed by atoms with Crippen molar-refractivity contribution < 1.29 is 0 Å². The molecule has 104 valence electrons. The zero-order valence-corrected chi connectivity index (χ0v) is 11.8. The van der Waals surface area contributed by atoms with E-state index < -0.39 is 0 Å². The monoisotopic (exact) mass is 268 g/mol. The van der Waals surface area contributed by atoms with Crippen LogP contribution in [0.15, 0.2) is 42.7 Å². The molecule has 0 aliphatic heterocycles. The van der Waals surface area contributed by atoms with Crippen LogP contribution in [0.25, 0.3) is 0 Å². The summed E-state index contributed by atoms with van der Waals surface area (Å²) in [7, 11) is 0. The second kappa shape index (κ2) is 7.46. The molecule has 0 amide bonds. The van der Waals surface area contributed by atoms with Crippen LogP contribution in [-0.2, 0) is 13.1 Å². The van der Waals surface area contributed by atoms with Gasteiger partial charge in [0.15, 0.2) is 0 Å². The minimum Gasteiger partial charge on any atom is -0.309 e. The van der Waals surface area contributed by atoms with Crippen molar-refractivity contribution in [3.05, 3.63) is 53.9 Å². The number of hydrogen-bond donors (Lipinski definition) is 1. The number of hydrogen-bond acceptors (Lipinski definition) is 3. The maximum absolute atomic E-state index is 8.73. The topological polar surface area (TPSA) is 53.6 Å². The highest BCUT2D eigenvalue weighted by molar-refractivity contribution is 5.15. The van der Waals surface area contributed by atoms with Crippen LogP contribution < -0.4 is 5.32 Å². The van der Waals surface area contributed by atoms with E-state index in [1.807, 2.05) is 29.1 Å². The van der Waals surface area contributed by atoms with Crippen molar-refractivity contribution in [3.8, 4) is 6.07 Å². The number of nitrogens with one attached hydrogen (secondary N) is 1. The van der Waals surface area contributed by atoms with E-state index in [9.17, 15) is 0 Å². The highest BCUT2D eigenvalue weighted by atomic mass is 15.3. The first-order chi connectivity index (χ1) is 9.81. The van der Waals surface area contributed by atoms with Crippen molar-refractivity contribution >= 4 is 0 Å². The molecule has 20 heavy (non-hydrogen) atoms. The van der Waals surface area contributed by atoms with Crippen molar-refractivity contribution in [2.75, 3.05) is 0 Å². The van der Waals surface area contributed by atoms with Gasteiger partial charge in [0.05, 0.1) is 25.2 Å². The van der Waals surface area contributed by atoms with Gasteiger partial charge in [0.1, 0.15) is 0 Å². The Morgan fingerprint density at radius 2 is 2.10 bits per heavy atom. The SMILES string of the molecule is CCC(CC#N)NCc1cnn(Cc2ccccc2)c1. The molecule has 0 bridgehead atoms. The summed E-state index contributed by atoms with van der Waals surface area (Å²) in [6.07, 6.45) is 5.45. The molecule has 0 aliphatic carbocycles. The van der Waals surface area contributed by atoms with Crippen LogP contribution in [0, 0.1) is 11.3 Å². The van der Waals surface area contributed by atoms with Crippen molar-refractivity contribution in [2.45, 2.75) is 38.9 Å². The van der Waals surface area contributed by atoms with Crippen LogP contribution in [-0.4, -0.2) is 15.8 Å². The lowest BCUT2D eigenvalue weighted by atomic mass is 10.1. The van der Waals surface area contributed by atoms with E-state index in [4.69, 9.17) is 5.26 Å². The molecule has 4 heteroatoms. The largest absolute Gasteiger partial charge is 0.309 e. The molecule has 1 heterocycles. The maximum atomic E-state index is 8.73. The molecule has 2 aromatic rings. The molecule has 0 radical (unpaired) electrons. The fourth-order valence-electron chi connectivity index (χ4n) is 2.09. The molecule has 2 rings (SSSR count). The molecule has 0 saturated carbocycles. The van der Waals surface area contributed by atoms with E-state index in [1.165, 1.54) is 5.56 Å². The van der Waals surface area contributed by atoms with Gasteiger partial charge in [-0.25, -0.2) is 0 Å². The Labute approximate surface area is 120 Å². The van der Waals surface area contributed by atoms with E-state index in [0.717, 1.165) is 25.1 Å². The van der Waals surface area contributed by atoms with Gasteiger partial charge in [0.2, 0.25) is 0 Å². The van der Waals surface area contributed by atoms with Crippen LogP contribution in [0.2, 0.25) is 0 Å². The molecule has 0 fully saturated rings. The molecule has 1 atom stereocenters. The smallest absolute Gasteiger partial charge is 0.0659 e. The molecular formula is C16H20N4. The van der Waals surface area contributed by atoms with Gasteiger partial charge in [-0.2, -0.15) is 10.4 Å². The van der Waals surface area contributed by atoms with Gasteiger partial charge in [0, 0.05) is 24.3 Å². The Morgan fingerprint density at radius 1 is 1.30 bits per heavy atom. The number of nitriles is 1. The standard InChI is InChI=1S/C16H20N4/c1-2-16(8-9-17)18-10-15-11-19-20(13-15)12-14-6-4-3-5-7-14/h3-7,11,13,16,18H,2,8,10,12H2,1H3. The Kier molecular flexibility index (Phi) is 5.33. The fraction of sp³-hybridized carbons (Fsp3) is 0.375. The van der Waals surface area contributed by atoms with Crippen molar-refractivity contribution in [3.63, 3.8) is 0 Å². The van der Waals surface area contributed by atoms with Gasteiger partial charge >= 0.3 is 0 Å². The second-order valence-electron chi connectivity index (χ2n) is 4.88. The predicted molar refractivity (Wildman–Crippen MR) is 78.9 cm³/mol. The lowest BCUT2D eigenvalue weighted by Gasteiger charge is -2.12. The van der Waals surface area contributed by atoms with Gasteiger partial charge in [-0.3, -0.25) is 4.68 Å². The van der Waals surface area contributed by atoms with E-state index in [2.05, 4.69) is 41.7 Å². The van der Waals surface area contributed by atoms with Gasteiger partial charge < -0.3 is 5.32 Å². The predicted octanol–water partition coefficient (Wildman–Crippen LogP) is 2.71. The zero-order valence-electron chi connectivity index (χ0n) is 11.8. The summed E-state index contributed by atoms with van der Waals surface area (Å²) in [4.78, 5) is 0. The molecule has 1 N–H and O–H groups in total. The van der Waals surface area contributed by atoms with Gasteiger partial charge in [0.25, 0.3) is 0 Å². The van der Waals surface area contributed by atoms with Gasteiger partial charge in [-0.05, 0) is 12.0 Å². The van der Waals surface area contributed by atoms with Crippen molar-refractivity contribution in [1.82, 2.24) is 15.1 Å². The lowest BCUT2D eigenvalue weighted by molar-refractivity contribution is 0.505. The van der Waals surface area contributed by atoms with Crippen LogP contribution in [0.1, 0.15) is 30.9 Å². The van der Waals surface area contributed by atoms with Crippen molar-refractivity contribution in [1.29, 1.82) is 5.26 Å². The third-order valence-corrected chi connectivity index (χ3v) is 3.30. The quantitative estimate of drug-likeness (QED) is 0.840. The van der Waals surface area contributed by atoms with Crippen LogP contribution in [0.5, 0.6) is 0 Å². The third kappa shape index (κ3) is 4.22. The number of nitrogens with zero attached hydrogens (tertiary/aromatic N) is 3. The Hall–Kier alpha value is -2.12. The van der Waals surface area contributed by atoms with Gasteiger partial charge in [-0.15, -0.1) is 0 Å². The number of aromatic nitrogens is 2. The van der Waals surface area contributed by atoms with E-state index in [1.54, 1.807) is 0 Å². The summed E-state index contributed by atoms with van der Waals surface area (Å²) < 4.78 is 1.94. The molecular weight excluding hydrogens is 248 g/mol. The van der Waals surface area contributed by atoms with Crippen LogP contribution >= 0.6 is 0 Å². The first kappa shape index (κ1) is 14.3. The molecule has 1 unspecified atom stereocenters. The molecule has 0 saturated heterocycles. The normalized spacial score (nSPS) is 12.0. The summed E-state index contributed by atoms with van der Waals surface area (Å²) in [5, 5.41) is 16.5. The van der Waals surface area contributed by atoms with Crippen molar-refractivity contribution in [2.24, 2.45) is 0 Å². The van der Waals surface area contributed by atoms with E-state index >= 15 is 0 Å². The Morgan fingerprint density at radius 3 is 2.80 bits per heavy atom. The number of rotatable bonds is 7. The molecule has 0 spiro atoms. The maximum Gasteiger partial charge on any atom is 0.0659 e. The summed E-state index contributed by atoms with van der Waals surface area (Å²) in [5.74, 6) is 0. The van der Waals surface area contributed by atoms with Crippen LogP contribution in [0.4, 0.5) is 0 Å². The van der Waals surface area contributed by atoms with Gasteiger partial charge in [-0.1, -0.05) is 37.3 Å². The average molecular weight is 268 g/mol. The summed E-state index contributed by atoms with van der Waals surface area (Å²) in [6, 6.07) is 12.8. The minimum absolute atomic E-state index is 0.262. The average Bonchev–Trinajstić information content (AvgIpc) is 2.92. The third-order valence-electron chi connectivity index (χ3n) is 3.30. The zero-order chi connectivity index (χ0) is 14.2. The Balaban J connectivity index is 1.88. The first-order valence-electron chi connectivity index (χ1n) is 6.97. The summed E-state index contributed by atoms with van der Waals surface area (Å²) in [5.41, 5.74) is 2.39. The molecule has 1 aromatic carbocycles. The minimum atomic E-state index is 0.262. The first-order valence-corrected chi connectivity index (χ1v) is 6.97. The highest BCUT2D eigenvalue weighted by Gasteiger charge is 2.06. The van der Waals surface area contributed by atoms with Crippen LogP contribution in [0.3, 0.4) is 0 Å². The molecule has 4 nitrogen and oxygen atoms in total. The number of benzene rings is 1. The Bertz CT molecular complexity index is 553. The van der Waals surface area contributed by atoms with E-state index in [-0.39, 0.29) is 6.04 Å².